The number of imidazole rings is 1. The van der Waals surface area contributed by atoms with Crippen LogP contribution in [0, 0.1) is 0 Å². The molecule has 0 fully saturated rings. The molecule has 0 N–H and O–H groups in total. The lowest BCUT2D eigenvalue weighted by Gasteiger charge is -2.07. The van der Waals surface area contributed by atoms with Crippen molar-refractivity contribution in [2.45, 2.75) is 6.43 Å². The minimum atomic E-state index is -2.75. The Labute approximate surface area is 159 Å². The molecule has 8 heteroatoms. The SMILES string of the molecule is FC(F)c1c(-c2c(Cl)cccc2Cl)nc2c3cc(Br)cnc3ccn12. The van der Waals surface area contributed by atoms with Gasteiger partial charge in [0, 0.05) is 27.8 Å². The van der Waals surface area contributed by atoms with Crippen LogP contribution < -0.4 is 0 Å². The molecule has 4 aromatic rings. The van der Waals surface area contributed by atoms with Crippen molar-refractivity contribution in [3.63, 3.8) is 0 Å². The number of pyridine rings is 2. The Morgan fingerprint density at radius 1 is 1.12 bits per heavy atom. The van der Waals surface area contributed by atoms with E-state index in [2.05, 4.69) is 25.9 Å². The van der Waals surface area contributed by atoms with Crippen molar-refractivity contribution in [2.24, 2.45) is 0 Å². The van der Waals surface area contributed by atoms with Crippen LogP contribution in [0.2, 0.25) is 10.0 Å². The van der Waals surface area contributed by atoms with Gasteiger partial charge in [0.15, 0.2) is 0 Å². The lowest BCUT2D eigenvalue weighted by Crippen LogP contribution is -1.96. The highest BCUT2D eigenvalue weighted by Gasteiger charge is 2.25. The zero-order chi connectivity index (χ0) is 17.7. The zero-order valence-corrected chi connectivity index (χ0v) is 15.4. The predicted octanol–water partition coefficient (Wildman–Crippen LogP) is 6.56. The first-order valence-electron chi connectivity index (χ1n) is 7.16. The highest BCUT2D eigenvalue weighted by atomic mass is 79.9. The van der Waals surface area contributed by atoms with E-state index in [1.165, 1.54) is 10.6 Å². The molecule has 126 valence electrons. The average molecular weight is 443 g/mol. The molecular formula is C17H8BrCl2F2N3. The summed E-state index contributed by atoms with van der Waals surface area (Å²) < 4.78 is 29.8. The number of halogens is 5. The number of hydrogen-bond acceptors (Lipinski definition) is 2. The Hall–Kier alpha value is -1.76. The van der Waals surface area contributed by atoms with Crippen molar-refractivity contribution in [2.75, 3.05) is 0 Å². The number of nitrogens with zero attached hydrogens (tertiary/aromatic N) is 3. The maximum Gasteiger partial charge on any atom is 0.280 e. The highest BCUT2D eigenvalue weighted by Crippen LogP contribution is 2.40. The van der Waals surface area contributed by atoms with Gasteiger partial charge in [-0.15, -0.1) is 0 Å². The van der Waals surface area contributed by atoms with E-state index in [0.29, 0.717) is 22.1 Å². The third-order valence-electron chi connectivity index (χ3n) is 3.86. The minimum absolute atomic E-state index is 0.0677. The van der Waals surface area contributed by atoms with Crippen LogP contribution in [0.5, 0.6) is 0 Å². The van der Waals surface area contributed by atoms with Crippen LogP contribution in [0.25, 0.3) is 27.8 Å². The molecule has 0 amide bonds. The summed E-state index contributed by atoms with van der Waals surface area (Å²) in [7, 11) is 0. The molecule has 0 aliphatic heterocycles. The van der Waals surface area contributed by atoms with Crippen molar-refractivity contribution in [3.05, 3.63) is 62.9 Å². The van der Waals surface area contributed by atoms with Crippen LogP contribution in [0.3, 0.4) is 0 Å². The second kappa shape index (κ2) is 6.20. The van der Waals surface area contributed by atoms with Gasteiger partial charge in [0.2, 0.25) is 0 Å². The smallest absolute Gasteiger partial charge is 0.280 e. The van der Waals surface area contributed by atoms with Gasteiger partial charge in [0.05, 0.1) is 15.6 Å². The van der Waals surface area contributed by atoms with Crippen LogP contribution in [-0.2, 0) is 0 Å². The number of fused-ring (bicyclic) bond motifs is 3. The third kappa shape index (κ3) is 2.69. The Bertz CT molecular complexity index is 1110. The molecule has 25 heavy (non-hydrogen) atoms. The molecule has 4 rings (SSSR count). The first-order valence-corrected chi connectivity index (χ1v) is 8.71. The van der Waals surface area contributed by atoms with E-state index in [0.717, 1.165) is 4.47 Å². The first kappa shape index (κ1) is 16.7. The Kier molecular flexibility index (Phi) is 4.14. The first-order chi connectivity index (χ1) is 12.0. The summed E-state index contributed by atoms with van der Waals surface area (Å²) in [6.45, 7) is 0. The largest absolute Gasteiger partial charge is 0.297 e. The molecule has 3 aromatic heterocycles. The standard InChI is InChI=1S/C17H8BrCl2F2N3/c18-8-6-9-12(23-7-8)4-5-25-15(16(21)22)14(24-17(9)25)13-10(19)2-1-3-11(13)20/h1-7,16H. The van der Waals surface area contributed by atoms with Gasteiger partial charge in [-0.05, 0) is 40.2 Å². The van der Waals surface area contributed by atoms with Crippen LogP contribution in [-0.4, -0.2) is 14.4 Å². The maximum atomic E-state index is 13.8. The fraction of sp³-hybridized carbons (Fsp3) is 0.0588. The second-order valence-electron chi connectivity index (χ2n) is 5.34. The van der Waals surface area contributed by atoms with Crippen LogP contribution in [0.4, 0.5) is 8.78 Å². The van der Waals surface area contributed by atoms with E-state index in [4.69, 9.17) is 23.2 Å². The third-order valence-corrected chi connectivity index (χ3v) is 4.93. The van der Waals surface area contributed by atoms with Crippen molar-refractivity contribution in [3.8, 4) is 11.3 Å². The van der Waals surface area contributed by atoms with E-state index in [1.807, 2.05) is 0 Å². The molecule has 0 bridgehead atoms. The van der Waals surface area contributed by atoms with Gasteiger partial charge in [-0.2, -0.15) is 0 Å². The molecule has 0 saturated carbocycles. The van der Waals surface area contributed by atoms with Crippen molar-refractivity contribution in [1.82, 2.24) is 14.4 Å². The van der Waals surface area contributed by atoms with E-state index < -0.39 is 6.43 Å². The molecule has 0 unspecified atom stereocenters. The molecular weight excluding hydrogens is 435 g/mol. The minimum Gasteiger partial charge on any atom is -0.297 e. The van der Waals surface area contributed by atoms with Gasteiger partial charge in [0.25, 0.3) is 6.43 Å². The summed E-state index contributed by atoms with van der Waals surface area (Å²) in [5.41, 5.74) is 1.12. The fourth-order valence-electron chi connectivity index (χ4n) is 2.81. The van der Waals surface area contributed by atoms with Crippen LogP contribution >= 0.6 is 39.1 Å². The number of benzene rings is 1. The topological polar surface area (TPSA) is 30.2 Å². The fourth-order valence-corrected chi connectivity index (χ4v) is 3.72. The van der Waals surface area contributed by atoms with E-state index in [-0.39, 0.29) is 21.4 Å². The Morgan fingerprint density at radius 3 is 2.52 bits per heavy atom. The van der Waals surface area contributed by atoms with E-state index in [1.54, 1.807) is 36.5 Å². The van der Waals surface area contributed by atoms with Gasteiger partial charge in [-0.1, -0.05) is 29.3 Å². The van der Waals surface area contributed by atoms with Gasteiger partial charge in [-0.25, -0.2) is 13.8 Å². The molecule has 0 radical (unpaired) electrons. The molecule has 0 saturated heterocycles. The van der Waals surface area contributed by atoms with E-state index >= 15 is 0 Å². The Balaban J connectivity index is 2.16. The summed E-state index contributed by atoms with van der Waals surface area (Å²) in [5, 5.41) is 1.18. The van der Waals surface area contributed by atoms with Crippen LogP contribution in [0.15, 0.2) is 47.2 Å². The monoisotopic (exact) mass is 441 g/mol. The van der Waals surface area contributed by atoms with Gasteiger partial charge in [0.1, 0.15) is 17.0 Å². The molecule has 0 aliphatic rings. The molecule has 0 aliphatic carbocycles. The van der Waals surface area contributed by atoms with Crippen molar-refractivity contribution >= 4 is 55.7 Å². The number of hydrogen-bond donors (Lipinski definition) is 0. The normalized spacial score (nSPS) is 11.8. The summed E-state index contributed by atoms with van der Waals surface area (Å²) in [6.07, 6.45) is 0.415. The Morgan fingerprint density at radius 2 is 1.84 bits per heavy atom. The molecule has 1 aromatic carbocycles. The number of aromatic nitrogens is 3. The molecule has 0 spiro atoms. The predicted molar refractivity (Wildman–Crippen MR) is 98.6 cm³/mol. The summed E-state index contributed by atoms with van der Waals surface area (Å²) in [6, 6.07) is 8.30. The molecule has 0 atom stereocenters. The quantitative estimate of drug-likeness (QED) is 0.352. The number of alkyl halides is 2. The average Bonchev–Trinajstić information content (AvgIpc) is 2.94. The molecule has 3 nitrogen and oxygen atoms in total. The van der Waals surface area contributed by atoms with Crippen LogP contribution in [0.1, 0.15) is 12.1 Å². The second-order valence-corrected chi connectivity index (χ2v) is 7.07. The lowest BCUT2D eigenvalue weighted by atomic mass is 10.1. The zero-order valence-electron chi connectivity index (χ0n) is 12.4. The number of rotatable bonds is 2. The highest BCUT2D eigenvalue weighted by molar-refractivity contribution is 9.10. The summed E-state index contributed by atoms with van der Waals surface area (Å²) >= 11 is 15.8. The van der Waals surface area contributed by atoms with Crippen molar-refractivity contribution < 1.29 is 8.78 Å². The summed E-state index contributed by atoms with van der Waals surface area (Å²) in [5.74, 6) is 0. The molecule has 3 heterocycles. The summed E-state index contributed by atoms with van der Waals surface area (Å²) in [4.78, 5) is 8.73. The van der Waals surface area contributed by atoms with E-state index in [9.17, 15) is 8.78 Å². The van der Waals surface area contributed by atoms with Gasteiger partial charge >= 0.3 is 0 Å². The maximum absolute atomic E-state index is 13.8. The van der Waals surface area contributed by atoms with Gasteiger partial charge < -0.3 is 0 Å². The lowest BCUT2D eigenvalue weighted by molar-refractivity contribution is 0.146. The van der Waals surface area contributed by atoms with Gasteiger partial charge in [-0.3, -0.25) is 9.38 Å². The van der Waals surface area contributed by atoms with Crippen molar-refractivity contribution in [1.29, 1.82) is 0 Å².